The average Bonchev–Trinajstić information content (AvgIpc) is 2.42. The second kappa shape index (κ2) is 5.85. The maximum absolute atomic E-state index is 13.4. The van der Waals surface area contributed by atoms with E-state index in [-0.39, 0.29) is 11.3 Å². The van der Waals surface area contributed by atoms with Crippen molar-refractivity contribution in [3.05, 3.63) is 63.4 Å². The number of nitrogens with zero attached hydrogens (tertiary/aromatic N) is 1. The molecule has 0 aliphatic carbocycles. The smallest absolute Gasteiger partial charge is 0.255 e. The van der Waals surface area contributed by atoms with E-state index in [0.29, 0.717) is 5.56 Å². The van der Waals surface area contributed by atoms with Crippen LogP contribution in [0.1, 0.15) is 21.5 Å². The van der Waals surface area contributed by atoms with Crippen LogP contribution >= 0.6 is 15.9 Å². The van der Waals surface area contributed by atoms with Crippen molar-refractivity contribution in [1.82, 2.24) is 0 Å². The fraction of sp³-hybridized carbons (Fsp3) is 0.0667. The van der Waals surface area contributed by atoms with Crippen LogP contribution in [0.15, 0.2) is 40.9 Å². The molecule has 0 saturated carbocycles. The van der Waals surface area contributed by atoms with Crippen molar-refractivity contribution in [2.45, 2.75) is 6.92 Å². The molecule has 0 aromatic heterocycles. The van der Waals surface area contributed by atoms with Crippen molar-refractivity contribution in [2.24, 2.45) is 0 Å². The molecule has 2 rings (SSSR count). The van der Waals surface area contributed by atoms with Crippen LogP contribution < -0.4 is 5.32 Å². The van der Waals surface area contributed by atoms with Gasteiger partial charge in [0.15, 0.2) is 0 Å². The highest BCUT2D eigenvalue weighted by Crippen LogP contribution is 2.21. The second-order valence-corrected chi connectivity index (χ2v) is 5.05. The number of rotatable bonds is 2. The van der Waals surface area contributed by atoms with Crippen LogP contribution in [0.2, 0.25) is 0 Å². The number of amides is 1. The molecular formula is C15H10BrFN2O. The van der Waals surface area contributed by atoms with Gasteiger partial charge >= 0.3 is 0 Å². The van der Waals surface area contributed by atoms with Gasteiger partial charge in [-0.05, 0) is 36.8 Å². The molecular weight excluding hydrogens is 323 g/mol. The highest BCUT2D eigenvalue weighted by atomic mass is 79.9. The van der Waals surface area contributed by atoms with E-state index in [0.717, 1.165) is 10.0 Å². The lowest BCUT2D eigenvalue weighted by molar-refractivity contribution is 0.102. The van der Waals surface area contributed by atoms with E-state index in [9.17, 15) is 9.18 Å². The van der Waals surface area contributed by atoms with Gasteiger partial charge in [-0.15, -0.1) is 0 Å². The molecule has 0 aliphatic rings. The minimum Gasteiger partial charge on any atom is -0.321 e. The number of nitrogens with one attached hydrogen (secondary N) is 1. The molecule has 0 unspecified atom stereocenters. The quantitative estimate of drug-likeness (QED) is 0.902. The first-order valence-corrected chi connectivity index (χ1v) is 6.58. The Bertz CT molecular complexity index is 722. The Hall–Kier alpha value is -2.19. The van der Waals surface area contributed by atoms with Gasteiger partial charge < -0.3 is 5.32 Å². The van der Waals surface area contributed by atoms with E-state index >= 15 is 0 Å². The number of aryl methyl sites for hydroxylation is 1. The zero-order valence-electron chi connectivity index (χ0n) is 10.6. The Morgan fingerprint density at radius 3 is 2.75 bits per heavy atom. The summed E-state index contributed by atoms with van der Waals surface area (Å²) in [4.78, 5) is 12.1. The number of nitriles is 1. The van der Waals surface area contributed by atoms with E-state index in [1.807, 2.05) is 6.92 Å². The van der Waals surface area contributed by atoms with Gasteiger partial charge in [0.2, 0.25) is 0 Å². The number of halogens is 2. The highest BCUT2D eigenvalue weighted by molar-refractivity contribution is 9.10. The van der Waals surface area contributed by atoms with Crippen molar-refractivity contribution in [2.75, 3.05) is 5.32 Å². The van der Waals surface area contributed by atoms with Gasteiger partial charge in [-0.1, -0.05) is 28.1 Å². The third kappa shape index (κ3) is 2.86. The third-order valence-electron chi connectivity index (χ3n) is 2.81. The maximum Gasteiger partial charge on any atom is 0.255 e. The van der Waals surface area contributed by atoms with Crippen LogP contribution in [0.5, 0.6) is 0 Å². The Morgan fingerprint density at radius 1 is 1.35 bits per heavy atom. The average molecular weight is 333 g/mol. The Kier molecular flexibility index (Phi) is 4.16. The molecule has 0 radical (unpaired) electrons. The lowest BCUT2D eigenvalue weighted by Gasteiger charge is -2.08. The van der Waals surface area contributed by atoms with Gasteiger partial charge in [0.25, 0.3) is 5.91 Å². The minimum atomic E-state index is -0.657. The van der Waals surface area contributed by atoms with Gasteiger partial charge in [-0.2, -0.15) is 5.26 Å². The summed E-state index contributed by atoms with van der Waals surface area (Å²) in [5.41, 5.74) is 1.42. The van der Waals surface area contributed by atoms with Crippen LogP contribution in [0.25, 0.3) is 0 Å². The molecule has 3 nitrogen and oxygen atoms in total. The van der Waals surface area contributed by atoms with Crippen LogP contribution in [-0.2, 0) is 0 Å². The van der Waals surface area contributed by atoms with E-state index < -0.39 is 11.7 Å². The van der Waals surface area contributed by atoms with Gasteiger partial charge in [-0.3, -0.25) is 4.79 Å². The molecule has 5 heteroatoms. The summed E-state index contributed by atoms with van der Waals surface area (Å²) in [5, 5.41) is 11.5. The Balaban J connectivity index is 2.31. The predicted molar refractivity (Wildman–Crippen MR) is 77.9 cm³/mol. The number of carbonyl (C=O) groups is 1. The SMILES string of the molecule is Cc1ccc(C(=O)Nc2cccc(F)c2C#N)cc1Br. The van der Waals surface area contributed by atoms with Crippen LogP contribution in [0.3, 0.4) is 0 Å². The van der Waals surface area contributed by atoms with E-state index in [2.05, 4.69) is 21.2 Å². The van der Waals surface area contributed by atoms with E-state index in [1.54, 1.807) is 24.3 Å². The van der Waals surface area contributed by atoms with Crippen molar-refractivity contribution in [3.63, 3.8) is 0 Å². The summed E-state index contributed by atoms with van der Waals surface area (Å²) in [5.74, 6) is -1.05. The molecule has 0 fully saturated rings. The summed E-state index contributed by atoms with van der Waals surface area (Å²) in [6, 6.07) is 11.0. The van der Waals surface area contributed by atoms with E-state index in [4.69, 9.17) is 5.26 Å². The number of carbonyl (C=O) groups excluding carboxylic acids is 1. The maximum atomic E-state index is 13.4. The first-order valence-electron chi connectivity index (χ1n) is 5.79. The minimum absolute atomic E-state index is 0.161. The monoisotopic (exact) mass is 332 g/mol. The number of hydrogen-bond acceptors (Lipinski definition) is 2. The third-order valence-corrected chi connectivity index (χ3v) is 3.66. The summed E-state index contributed by atoms with van der Waals surface area (Å²) in [6.45, 7) is 1.91. The van der Waals surface area contributed by atoms with Crippen LogP contribution in [0, 0.1) is 24.1 Å². The molecule has 0 heterocycles. The summed E-state index contributed by atoms with van der Waals surface area (Å²) in [6.07, 6.45) is 0. The Labute approximate surface area is 124 Å². The topological polar surface area (TPSA) is 52.9 Å². The molecule has 20 heavy (non-hydrogen) atoms. The van der Waals surface area contributed by atoms with Crippen LogP contribution in [-0.4, -0.2) is 5.91 Å². The fourth-order valence-electron chi connectivity index (χ4n) is 1.67. The van der Waals surface area contributed by atoms with Crippen molar-refractivity contribution < 1.29 is 9.18 Å². The van der Waals surface area contributed by atoms with Crippen molar-refractivity contribution in [3.8, 4) is 6.07 Å². The van der Waals surface area contributed by atoms with E-state index in [1.165, 1.54) is 18.2 Å². The standard InChI is InChI=1S/C15H10BrFN2O/c1-9-5-6-10(7-12(9)16)15(20)19-14-4-2-3-13(17)11(14)8-18/h2-7H,1H3,(H,19,20). The fourth-order valence-corrected chi connectivity index (χ4v) is 2.05. The molecule has 1 amide bonds. The first-order chi connectivity index (χ1) is 9.52. The zero-order valence-corrected chi connectivity index (χ0v) is 12.2. The molecule has 2 aromatic carbocycles. The number of benzene rings is 2. The summed E-state index contributed by atoms with van der Waals surface area (Å²) >= 11 is 3.35. The molecule has 0 spiro atoms. The molecule has 0 atom stereocenters. The van der Waals surface area contributed by atoms with Crippen LogP contribution in [0.4, 0.5) is 10.1 Å². The Morgan fingerprint density at radius 2 is 2.10 bits per heavy atom. The molecule has 0 bridgehead atoms. The normalized spacial score (nSPS) is 9.90. The summed E-state index contributed by atoms with van der Waals surface area (Å²) < 4.78 is 14.2. The number of hydrogen-bond donors (Lipinski definition) is 1. The first kappa shape index (κ1) is 14.2. The van der Waals surface area contributed by atoms with Gasteiger partial charge in [0.05, 0.1) is 5.69 Å². The molecule has 0 aliphatic heterocycles. The second-order valence-electron chi connectivity index (χ2n) is 4.19. The molecule has 0 saturated heterocycles. The zero-order chi connectivity index (χ0) is 14.7. The lowest BCUT2D eigenvalue weighted by atomic mass is 10.1. The van der Waals surface area contributed by atoms with Crippen molar-refractivity contribution in [1.29, 1.82) is 5.26 Å². The molecule has 1 N–H and O–H groups in total. The van der Waals surface area contributed by atoms with Crippen molar-refractivity contribution >= 4 is 27.5 Å². The molecule has 100 valence electrons. The summed E-state index contributed by atoms with van der Waals surface area (Å²) in [7, 11) is 0. The lowest BCUT2D eigenvalue weighted by Crippen LogP contribution is -2.13. The number of anilines is 1. The van der Waals surface area contributed by atoms with Gasteiger partial charge in [0, 0.05) is 10.0 Å². The predicted octanol–water partition coefficient (Wildman–Crippen LogP) is 4.02. The van der Waals surface area contributed by atoms with Gasteiger partial charge in [-0.25, -0.2) is 4.39 Å². The van der Waals surface area contributed by atoms with Gasteiger partial charge in [0.1, 0.15) is 17.4 Å². The highest BCUT2D eigenvalue weighted by Gasteiger charge is 2.12. The largest absolute Gasteiger partial charge is 0.321 e. The molecule has 2 aromatic rings.